The number of alkyl halides is 3. The van der Waals surface area contributed by atoms with Gasteiger partial charge in [0.2, 0.25) is 0 Å². The summed E-state index contributed by atoms with van der Waals surface area (Å²) in [6.45, 7) is 3.07. The van der Waals surface area contributed by atoms with E-state index in [2.05, 4.69) is 6.92 Å². The summed E-state index contributed by atoms with van der Waals surface area (Å²) < 4.78 is -1.33. The molecular weight excluding hydrogens is 178 g/mol. The first-order valence-corrected chi connectivity index (χ1v) is 2.05. The Labute approximate surface area is 67.0 Å². The van der Waals surface area contributed by atoms with Gasteiger partial charge in [0.05, 0.1) is 3.79 Å². The molecule has 6 heavy (non-hydrogen) atoms. The van der Waals surface area contributed by atoms with Crippen LogP contribution in [0.4, 0.5) is 0 Å². The maximum atomic E-state index is 4.95. The molecule has 0 aromatic carbocycles. The van der Waals surface area contributed by atoms with Gasteiger partial charge in [-0.1, -0.05) is 0 Å². The van der Waals surface area contributed by atoms with Gasteiger partial charge in [0.25, 0.3) is 0 Å². The van der Waals surface area contributed by atoms with Crippen LogP contribution in [0.5, 0.6) is 0 Å². The molecular formula is C2H2Cl3Ti-. The summed E-state index contributed by atoms with van der Waals surface area (Å²) in [7, 11) is 0. The van der Waals surface area contributed by atoms with Crippen molar-refractivity contribution >= 4 is 34.8 Å². The Morgan fingerprint density at radius 3 is 1.17 bits per heavy atom. The normalized spacial score (nSPS) is 10.0. The molecule has 0 saturated carbocycles. The second-order valence-corrected chi connectivity index (χ2v) is 3.13. The minimum Gasteiger partial charge on any atom is -0.293 e. The van der Waals surface area contributed by atoms with Crippen molar-refractivity contribution in [1.82, 2.24) is 0 Å². The van der Waals surface area contributed by atoms with Gasteiger partial charge in [0.1, 0.15) is 0 Å². The minimum absolute atomic E-state index is 0. The van der Waals surface area contributed by atoms with E-state index in [9.17, 15) is 0 Å². The van der Waals surface area contributed by atoms with Crippen LogP contribution in [0.2, 0.25) is 0 Å². The monoisotopic (exact) mass is 179 g/mol. The van der Waals surface area contributed by atoms with Crippen molar-refractivity contribution in [3.05, 3.63) is 6.92 Å². The topological polar surface area (TPSA) is 0 Å². The summed E-state index contributed by atoms with van der Waals surface area (Å²) in [4.78, 5) is 0. The van der Waals surface area contributed by atoms with E-state index in [-0.39, 0.29) is 21.7 Å². The second-order valence-electron chi connectivity index (χ2n) is 0.615. The molecule has 0 atom stereocenters. The van der Waals surface area contributed by atoms with Crippen LogP contribution in [-0.4, -0.2) is 3.79 Å². The quantitative estimate of drug-likeness (QED) is 0.304. The van der Waals surface area contributed by atoms with E-state index in [1.165, 1.54) is 0 Å². The Balaban J connectivity index is 0. The van der Waals surface area contributed by atoms with Crippen LogP contribution in [0, 0.1) is 6.92 Å². The SMILES string of the molecule is [CH2-]C(Cl)(Cl)Cl.[Ti]. The summed E-state index contributed by atoms with van der Waals surface area (Å²) in [6.07, 6.45) is 0. The van der Waals surface area contributed by atoms with E-state index < -0.39 is 3.79 Å². The van der Waals surface area contributed by atoms with E-state index in [0.717, 1.165) is 0 Å². The van der Waals surface area contributed by atoms with Crippen LogP contribution < -0.4 is 0 Å². The van der Waals surface area contributed by atoms with Gasteiger partial charge < -0.3 is 0 Å². The van der Waals surface area contributed by atoms with Crippen LogP contribution in [0.25, 0.3) is 0 Å². The van der Waals surface area contributed by atoms with Gasteiger partial charge in [0.15, 0.2) is 0 Å². The fraction of sp³-hybridized carbons (Fsp3) is 0.500. The molecule has 0 aliphatic rings. The van der Waals surface area contributed by atoms with Gasteiger partial charge >= 0.3 is 0 Å². The van der Waals surface area contributed by atoms with Crippen molar-refractivity contribution in [1.29, 1.82) is 0 Å². The maximum Gasteiger partial charge on any atom is 0.0703 e. The molecule has 0 radical (unpaired) electrons. The van der Waals surface area contributed by atoms with Crippen LogP contribution in [-0.2, 0) is 21.7 Å². The first-order chi connectivity index (χ1) is 2.00. The Morgan fingerprint density at radius 2 is 1.17 bits per heavy atom. The zero-order valence-electron chi connectivity index (χ0n) is 2.84. The third-order valence-corrected chi connectivity index (χ3v) is 0. The van der Waals surface area contributed by atoms with Gasteiger partial charge in [-0.3, -0.25) is 6.92 Å². The predicted molar refractivity (Wildman–Crippen MR) is 25.6 cm³/mol. The Hall–Kier alpha value is 1.58. The van der Waals surface area contributed by atoms with Crippen molar-refractivity contribution in [2.75, 3.05) is 0 Å². The van der Waals surface area contributed by atoms with E-state index >= 15 is 0 Å². The number of rotatable bonds is 0. The Kier molecular flexibility index (Phi) is 6.27. The summed E-state index contributed by atoms with van der Waals surface area (Å²) in [5, 5.41) is 0. The first-order valence-electron chi connectivity index (χ1n) is 0.921. The molecule has 0 N–H and O–H groups in total. The maximum absolute atomic E-state index is 4.95. The molecule has 0 bridgehead atoms. The molecule has 0 nitrogen and oxygen atoms in total. The fourth-order valence-corrected chi connectivity index (χ4v) is 0. The van der Waals surface area contributed by atoms with Gasteiger partial charge in [-0.25, -0.2) is 0 Å². The van der Waals surface area contributed by atoms with E-state index in [0.29, 0.717) is 0 Å². The number of hydrogen-bond acceptors (Lipinski definition) is 0. The number of hydrogen-bond donors (Lipinski definition) is 0. The average molecular weight is 180 g/mol. The summed E-state index contributed by atoms with van der Waals surface area (Å²) in [5.41, 5.74) is 0. The zero-order valence-corrected chi connectivity index (χ0v) is 6.67. The molecule has 0 saturated heterocycles. The third kappa shape index (κ3) is 46.8. The van der Waals surface area contributed by atoms with Crippen molar-refractivity contribution in [3.63, 3.8) is 0 Å². The first kappa shape index (κ1) is 10.5. The molecule has 4 heteroatoms. The molecule has 0 aromatic rings. The standard InChI is InChI=1S/C2H2Cl3.Ti/c1-2(3,4)5;/h1H2;/q-1;. The molecule has 0 spiro atoms. The predicted octanol–water partition coefficient (Wildman–Crippen LogP) is 2.19. The average Bonchev–Trinajstić information content (AvgIpc) is 0.722. The summed E-state index contributed by atoms with van der Waals surface area (Å²) >= 11 is 14.8. The minimum atomic E-state index is -1.33. The fourth-order valence-electron chi connectivity index (χ4n) is 0. The van der Waals surface area contributed by atoms with E-state index in [4.69, 9.17) is 34.8 Å². The number of halogens is 3. The van der Waals surface area contributed by atoms with Crippen LogP contribution in [0.1, 0.15) is 0 Å². The molecule has 0 aliphatic heterocycles. The van der Waals surface area contributed by atoms with E-state index in [1.807, 2.05) is 0 Å². The smallest absolute Gasteiger partial charge is 0.0703 e. The summed E-state index contributed by atoms with van der Waals surface area (Å²) in [5.74, 6) is 0. The van der Waals surface area contributed by atoms with Crippen LogP contribution in [0.3, 0.4) is 0 Å². The van der Waals surface area contributed by atoms with Gasteiger partial charge in [-0.15, -0.1) is 34.8 Å². The molecule has 0 aromatic heterocycles. The molecule has 0 aliphatic carbocycles. The van der Waals surface area contributed by atoms with Crippen molar-refractivity contribution in [2.45, 2.75) is 3.79 Å². The largest absolute Gasteiger partial charge is 0.293 e. The third-order valence-electron chi connectivity index (χ3n) is 0. The van der Waals surface area contributed by atoms with Crippen LogP contribution >= 0.6 is 34.8 Å². The molecule has 0 unspecified atom stereocenters. The molecule has 0 rings (SSSR count). The Bertz CT molecular complexity index is 24.3. The van der Waals surface area contributed by atoms with Crippen LogP contribution in [0.15, 0.2) is 0 Å². The molecule has 0 fully saturated rings. The second kappa shape index (κ2) is 3.57. The van der Waals surface area contributed by atoms with Crippen molar-refractivity contribution in [2.24, 2.45) is 0 Å². The van der Waals surface area contributed by atoms with Gasteiger partial charge in [-0.05, 0) is 0 Å². The molecule has 36 valence electrons. The van der Waals surface area contributed by atoms with Gasteiger partial charge in [0, 0.05) is 21.7 Å². The Morgan fingerprint density at radius 1 is 1.17 bits per heavy atom. The summed E-state index contributed by atoms with van der Waals surface area (Å²) in [6, 6.07) is 0. The van der Waals surface area contributed by atoms with Crippen molar-refractivity contribution < 1.29 is 21.7 Å². The van der Waals surface area contributed by atoms with Crippen molar-refractivity contribution in [3.8, 4) is 0 Å². The van der Waals surface area contributed by atoms with Gasteiger partial charge in [-0.2, -0.15) is 0 Å². The zero-order chi connectivity index (χ0) is 4.50. The molecule has 0 heterocycles. The molecule has 0 amide bonds. The van der Waals surface area contributed by atoms with E-state index in [1.54, 1.807) is 0 Å².